The van der Waals surface area contributed by atoms with Crippen LogP contribution >= 0.6 is 15.9 Å². The highest BCUT2D eigenvalue weighted by atomic mass is 79.9. The lowest BCUT2D eigenvalue weighted by Gasteiger charge is -2.09. The molecule has 0 spiro atoms. The first kappa shape index (κ1) is 19.9. The Kier molecular flexibility index (Phi) is 6.31. The molecule has 144 valence electrons. The van der Waals surface area contributed by atoms with Gasteiger partial charge in [-0.1, -0.05) is 38.1 Å². The number of rotatable bonds is 6. The van der Waals surface area contributed by atoms with Crippen molar-refractivity contribution in [1.29, 1.82) is 0 Å². The van der Waals surface area contributed by atoms with Gasteiger partial charge in [0, 0.05) is 11.4 Å². The van der Waals surface area contributed by atoms with Crippen molar-refractivity contribution in [3.05, 3.63) is 82.2 Å². The molecule has 0 aliphatic rings. The van der Waals surface area contributed by atoms with E-state index >= 15 is 0 Å². The van der Waals surface area contributed by atoms with Gasteiger partial charge in [0.25, 0.3) is 5.91 Å². The van der Waals surface area contributed by atoms with Gasteiger partial charge < -0.3 is 15.1 Å². The number of benzene rings is 2. The number of halogens is 1. The summed E-state index contributed by atoms with van der Waals surface area (Å²) >= 11 is 3.17. The zero-order valence-corrected chi connectivity index (χ0v) is 17.2. The highest BCUT2D eigenvalue weighted by molar-refractivity contribution is 9.10. The summed E-state index contributed by atoms with van der Waals surface area (Å²) in [7, 11) is 0. The predicted molar refractivity (Wildman–Crippen MR) is 114 cm³/mol. The number of nitrogens with one attached hydrogen (secondary N) is 2. The lowest BCUT2D eigenvalue weighted by Crippen LogP contribution is -2.14. The first-order valence-electron chi connectivity index (χ1n) is 8.96. The standard InChI is InChI=1S/C22H21BrN2O3/c1-14(2)16-5-9-17(10-6-16)24-21(26)13-15-3-7-18(8-4-15)25-22(27)19-11-12-20(23)28-19/h3-12,14H,13H2,1-2H3,(H,24,26)(H,25,27). The highest BCUT2D eigenvalue weighted by Gasteiger charge is 2.11. The van der Waals surface area contributed by atoms with Crippen molar-refractivity contribution in [2.24, 2.45) is 0 Å². The lowest BCUT2D eigenvalue weighted by molar-refractivity contribution is -0.115. The zero-order chi connectivity index (χ0) is 20.1. The largest absolute Gasteiger partial charge is 0.444 e. The molecule has 0 aliphatic carbocycles. The van der Waals surface area contributed by atoms with Gasteiger partial charge in [-0.2, -0.15) is 0 Å². The van der Waals surface area contributed by atoms with E-state index in [1.807, 2.05) is 36.4 Å². The summed E-state index contributed by atoms with van der Waals surface area (Å²) in [6, 6.07) is 18.3. The van der Waals surface area contributed by atoms with Crippen LogP contribution in [-0.4, -0.2) is 11.8 Å². The van der Waals surface area contributed by atoms with E-state index in [1.165, 1.54) is 5.56 Å². The number of anilines is 2. The summed E-state index contributed by atoms with van der Waals surface area (Å²) in [6.07, 6.45) is 0.255. The lowest BCUT2D eigenvalue weighted by atomic mass is 10.0. The first-order chi connectivity index (χ1) is 13.4. The second kappa shape index (κ2) is 8.89. The molecular weight excluding hydrogens is 420 g/mol. The minimum atomic E-state index is -0.332. The Labute approximate surface area is 172 Å². The van der Waals surface area contributed by atoms with Crippen LogP contribution in [0.3, 0.4) is 0 Å². The third kappa shape index (κ3) is 5.33. The van der Waals surface area contributed by atoms with Crippen molar-refractivity contribution >= 4 is 39.1 Å². The monoisotopic (exact) mass is 440 g/mol. The average Bonchev–Trinajstić information content (AvgIpc) is 3.10. The smallest absolute Gasteiger partial charge is 0.291 e. The SMILES string of the molecule is CC(C)c1ccc(NC(=O)Cc2ccc(NC(=O)c3ccc(Br)o3)cc2)cc1. The van der Waals surface area contributed by atoms with E-state index in [1.54, 1.807) is 24.3 Å². The molecule has 1 heterocycles. The second-order valence-electron chi connectivity index (χ2n) is 6.76. The molecule has 0 atom stereocenters. The molecule has 0 aliphatic heterocycles. The minimum Gasteiger partial charge on any atom is -0.444 e. The number of furan rings is 1. The summed E-state index contributed by atoms with van der Waals surface area (Å²) in [4.78, 5) is 24.3. The Bertz CT molecular complexity index is 960. The summed E-state index contributed by atoms with van der Waals surface area (Å²) < 4.78 is 5.72. The average molecular weight is 441 g/mol. The molecule has 0 unspecified atom stereocenters. The van der Waals surface area contributed by atoms with E-state index in [2.05, 4.69) is 40.4 Å². The van der Waals surface area contributed by atoms with E-state index < -0.39 is 0 Å². The molecule has 0 saturated heterocycles. The molecule has 0 saturated carbocycles. The van der Waals surface area contributed by atoms with Crippen LogP contribution < -0.4 is 10.6 Å². The van der Waals surface area contributed by atoms with Gasteiger partial charge in [0.15, 0.2) is 10.4 Å². The predicted octanol–water partition coefficient (Wildman–Crippen LogP) is 5.60. The number of hydrogen-bond donors (Lipinski definition) is 2. The zero-order valence-electron chi connectivity index (χ0n) is 15.7. The molecule has 0 radical (unpaired) electrons. The highest BCUT2D eigenvalue weighted by Crippen LogP contribution is 2.18. The van der Waals surface area contributed by atoms with Gasteiger partial charge in [-0.3, -0.25) is 9.59 Å². The molecular formula is C22H21BrN2O3. The Balaban J connectivity index is 1.54. The summed E-state index contributed by atoms with van der Waals surface area (Å²) in [5.41, 5.74) is 3.50. The number of carbonyl (C=O) groups is 2. The van der Waals surface area contributed by atoms with Crippen LogP contribution in [0.25, 0.3) is 0 Å². The minimum absolute atomic E-state index is 0.0884. The van der Waals surface area contributed by atoms with Crippen molar-refractivity contribution in [2.75, 3.05) is 10.6 Å². The van der Waals surface area contributed by atoms with E-state index in [9.17, 15) is 9.59 Å². The van der Waals surface area contributed by atoms with Gasteiger partial charge in [-0.15, -0.1) is 0 Å². The molecule has 2 amide bonds. The van der Waals surface area contributed by atoms with Gasteiger partial charge in [-0.05, 0) is 69.4 Å². The maximum absolute atomic E-state index is 12.3. The van der Waals surface area contributed by atoms with Gasteiger partial charge in [-0.25, -0.2) is 0 Å². The molecule has 2 N–H and O–H groups in total. The quantitative estimate of drug-likeness (QED) is 0.523. The fraction of sp³-hybridized carbons (Fsp3) is 0.182. The third-order valence-electron chi connectivity index (χ3n) is 4.23. The van der Waals surface area contributed by atoms with Crippen molar-refractivity contribution in [2.45, 2.75) is 26.2 Å². The molecule has 6 heteroatoms. The van der Waals surface area contributed by atoms with Gasteiger partial charge in [0.2, 0.25) is 5.91 Å². The summed E-state index contributed by atoms with van der Waals surface area (Å²) in [5.74, 6) is 0.257. The fourth-order valence-corrected chi connectivity index (χ4v) is 2.98. The molecule has 28 heavy (non-hydrogen) atoms. The fourth-order valence-electron chi connectivity index (χ4n) is 2.68. The molecule has 0 bridgehead atoms. The maximum atomic E-state index is 12.3. The van der Waals surface area contributed by atoms with Crippen molar-refractivity contribution in [3.63, 3.8) is 0 Å². The van der Waals surface area contributed by atoms with E-state index in [4.69, 9.17) is 4.42 Å². The van der Waals surface area contributed by atoms with Crippen molar-refractivity contribution < 1.29 is 14.0 Å². The molecule has 3 rings (SSSR count). The Morgan fingerprint density at radius 3 is 2.07 bits per heavy atom. The maximum Gasteiger partial charge on any atom is 0.291 e. The molecule has 0 fully saturated rings. The number of amides is 2. The Morgan fingerprint density at radius 2 is 1.50 bits per heavy atom. The van der Waals surface area contributed by atoms with E-state index in [-0.39, 0.29) is 24.0 Å². The molecule has 3 aromatic rings. The second-order valence-corrected chi connectivity index (χ2v) is 7.54. The van der Waals surface area contributed by atoms with Crippen LogP contribution in [0.15, 0.2) is 69.8 Å². The summed E-state index contributed by atoms with van der Waals surface area (Å²) in [5, 5.41) is 5.65. The number of hydrogen-bond acceptors (Lipinski definition) is 3. The number of carbonyl (C=O) groups excluding carboxylic acids is 2. The van der Waals surface area contributed by atoms with E-state index in [0.717, 1.165) is 11.3 Å². The van der Waals surface area contributed by atoms with Crippen LogP contribution in [0.1, 0.15) is 41.4 Å². The van der Waals surface area contributed by atoms with Gasteiger partial charge in [0.1, 0.15) is 0 Å². The molecule has 1 aromatic heterocycles. The Morgan fingerprint density at radius 1 is 0.893 bits per heavy atom. The molecule has 5 nitrogen and oxygen atoms in total. The first-order valence-corrected chi connectivity index (χ1v) is 9.75. The molecule has 2 aromatic carbocycles. The van der Waals surface area contributed by atoms with Crippen LogP contribution in [0.4, 0.5) is 11.4 Å². The van der Waals surface area contributed by atoms with Crippen LogP contribution in [-0.2, 0) is 11.2 Å². The van der Waals surface area contributed by atoms with Gasteiger partial charge >= 0.3 is 0 Å². The summed E-state index contributed by atoms with van der Waals surface area (Å²) in [6.45, 7) is 4.26. The Hall–Kier alpha value is -2.86. The normalized spacial score (nSPS) is 10.7. The van der Waals surface area contributed by atoms with E-state index in [0.29, 0.717) is 16.3 Å². The van der Waals surface area contributed by atoms with Crippen molar-refractivity contribution in [1.82, 2.24) is 0 Å². The third-order valence-corrected chi connectivity index (χ3v) is 4.66. The van der Waals surface area contributed by atoms with Crippen LogP contribution in [0.5, 0.6) is 0 Å². The van der Waals surface area contributed by atoms with Gasteiger partial charge in [0.05, 0.1) is 6.42 Å². The van der Waals surface area contributed by atoms with Crippen LogP contribution in [0.2, 0.25) is 0 Å². The van der Waals surface area contributed by atoms with Crippen molar-refractivity contribution in [3.8, 4) is 0 Å². The van der Waals surface area contributed by atoms with Crippen LogP contribution in [0, 0.1) is 0 Å². The topological polar surface area (TPSA) is 71.3 Å².